The van der Waals surface area contributed by atoms with Crippen LogP contribution in [-0.2, 0) is 6.54 Å². The van der Waals surface area contributed by atoms with Gasteiger partial charge < -0.3 is 24.8 Å². The number of fused-ring (bicyclic) bond motifs is 1. The summed E-state index contributed by atoms with van der Waals surface area (Å²) in [4.78, 5) is 26.3. The highest BCUT2D eigenvalue weighted by Gasteiger charge is 2.16. The fourth-order valence-corrected chi connectivity index (χ4v) is 3.42. The first kappa shape index (κ1) is 22.4. The van der Waals surface area contributed by atoms with Crippen LogP contribution in [0.3, 0.4) is 0 Å². The van der Waals surface area contributed by atoms with Gasteiger partial charge in [0.25, 0.3) is 5.91 Å². The first-order valence-electron chi connectivity index (χ1n) is 9.75. The molecule has 162 valence electrons. The predicted molar refractivity (Wildman–Crippen MR) is 125 cm³/mol. The molecule has 9 nitrogen and oxygen atoms in total. The third-order valence-corrected chi connectivity index (χ3v) is 5.48. The number of nitriles is 1. The number of likely N-dealkylation sites (N-methyl/N-ethyl adjacent to an activating group) is 1. The molecule has 0 atom stereocenters. The largest absolute Gasteiger partial charge is 0.379 e. The number of nitrogens with zero attached hydrogens (tertiary/aromatic N) is 5. The van der Waals surface area contributed by atoms with Gasteiger partial charge in [0.2, 0.25) is 0 Å². The highest BCUT2D eigenvalue weighted by Crippen LogP contribution is 2.28. The summed E-state index contributed by atoms with van der Waals surface area (Å²) in [5.74, 6) is 0.641. The van der Waals surface area contributed by atoms with Crippen molar-refractivity contribution in [2.45, 2.75) is 6.54 Å². The van der Waals surface area contributed by atoms with Crippen LogP contribution in [0.2, 0.25) is 0 Å². The van der Waals surface area contributed by atoms with Gasteiger partial charge in [-0.3, -0.25) is 4.79 Å². The molecular weight excluding hydrogens is 412 g/mol. The van der Waals surface area contributed by atoms with E-state index in [1.807, 2.05) is 48.7 Å². The average Bonchev–Trinajstić information content (AvgIpc) is 3.21. The Hall–Kier alpha value is -3.29. The maximum Gasteiger partial charge on any atom is 0.267 e. The maximum absolute atomic E-state index is 12.5. The molecule has 1 amide bonds. The number of nitrogens with one attached hydrogen (secondary N) is 3. The number of amides is 1. The summed E-state index contributed by atoms with van der Waals surface area (Å²) >= 11 is 1.57. The van der Waals surface area contributed by atoms with Gasteiger partial charge in [0, 0.05) is 56.3 Å². The van der Waals surface area contributed by atoms with Crippen LogP contribution in [0.25, 0.3) is 11.0 Å². The van der Waals surface area contributed by atoms with Gasteiger partial charge in [-0.1, -0.05) is 18.0 Å². The van der Waals surface area contributed by atoms with E-state index in [1.165, 1.54) is 6.20 Å². The minimum Gasteiger partial charge on any atom is -0.379 e. The topological polar surface area (TPSA) is 113 Å². The van der Waals surface area contributed by atoms with Gasteiger partial charge in [0.1, 0.15) is 23.2 Å². The van der Waals surface area contributed by atoms with Crippen molar-refractivity contribution in [2.75, 3.05) is 50.1 Å². The van der Waals surface area contributed by atoms with Crippen molar-refractivity contribution in [3.05, 3.63) is 47.4 Å². The number of aromatic amines is 1. The lowest BCUT2D eigenvalue weighted by Crippen LogP contribution is -2.31. The lowest BCUT2D eigenvalue weighted by atomic mass is 10.1. The Kier molecular flexibility index (Phi) is 7.33. The van der Waals surface area contributed by atoms with Gasteiger partial charge >= 0.3 is 0 Å². The van der Waals surface area contributed by atoms with Crippen LogP contribution in [0.4, 0.5) is 11.5 Å². The van der Waals surface area contributed by atoms with Gasteiger partial charge in [0.15, 0.2) is 0 Å². The van der Waals surface area contributed by atoms with E-state index in [0.29, 0.717) is 41.1 Å². The van der Waals surface area contributed by atoms with Gasteiger partial charge in [-0.05, 0) is 26.2 Å². The molecule has 3 rings (SSSR count). The van der Waals surface area contributed by atoms with Gasteiger partial charge in [-0.25, -0.2) is 9.97 Å². The van der Waals surface area contributed by atoms with E-state index in [2.05, 4.69) is 31.7 Å². The van der Waals surface area contributed by atoms with Gasteiger partial charge in [0.05, 0.1) is 11.3 Å². The number of pyridine rings is 2. The highest BCUT2D eigenvalue weighted by molar-refractivity contribution is 7.99. The van der Waals surface area contributed by atoms with Gasteiger partial charge in [-0.15, -0.1) is 0 Å². The van der Waals surface area contributed by atoms with E-state index in [-0.39, 0.29) is 5.91 Å². The average molecular weight is 439 g/mol. The summed E-state index contributed by atoms with van der Waals surface area (Å²) in [6.07, 6.45) is 5.24. The summed E-state index contributed by atoms with van der Waals surface area (Å²) in [7, 11) is 5.85. The Morgan fingerprint density at radius 1 is 1.32 bits per heavy atom. The predicted octanol–water partition coefficient (Wildman–Crippen LogP) is 2.45. The molecule has 0 radical (unpaired) electrons. The number of carbonyl (C=O) groups is 1. The monoisotopic (exact) mass is 438 g/mol. The SMILES string of the molecule is CSN(C)c1ncccc1CNc1c(C#N)cnc2[nH]c(C(=O)NCCN(C)C)cc12. The Balaban J connectivity index is 1.87. The second-order valence-electron chi connectivity index (χ2n) is 7.18. The Labute approximate surface area is 186 Å². The molecule has 0 aromatic carbocycles. The van der Waals surface area contributed by atoms with Crippen LogP contribution in [-0.4, -0.2) is 66.2 Å². The minimum atomic E-state index is -0.208. The molecule has 3 aromatic rings. The zero-order valence-corrected chi connectivity index (χ0v) is 18.9. The van der Waals surface area contributed by atoms with Crippen LogP contribution in [0.1, 0.15) is 21.6 Å². The minimum absolute atomic E-state index is 0.208. The quantitative estimate of drug-likeness (QED) is 0.437. The standard InChI is InChI=1S/C21H26N8OS/c1-28(2)9-8-24-21(30)17-10-16-18(15(11-22)13-26-19(16)27-17)25-12-14-6-5-7-23-20(14)29(3)31-4/h5-7,10,13H,8-9,12H2,1-4H3,(H,24,30)(H2,25,26,27). The number of hydrogen-bond acceptors (Lipinski definition) is 8. The van der Waals surface area contributed by atoms with Crippen molar-refractivity contribution >= 4 is 40.4 Å². The van der Waals surface area contributed by atoms with Crippen LogP contribution in [0.15, 0.2) is 30.6 Å². The number of carbonyl (C=O) groups excluding carboxylic acids is 1. The fraction of sp³-hybridized carbons (Fsp3) is 0.333. The van der Waals surface area contributed by atoms with Gasteiger partial charge in [-0.2, -0.15) is 5.26 Å². The molecule has 10 heteroatoms. The second kappa shape index (κ2) is 10.1. The summed E-state index contributed by atoms with van der Waals surface area (Å²) in [6.45, 7) is 1.75. The fourth-order valence-electron chi connectivity index (χ4n) is 3.08. The lowest BCUT2D eigenvalue weighted by molar-refractivity contribution is 0.0947. The van der Waals surface area contributed by atoms with Crippen molar-refractivity contribution in [3.63, 3.8) is 0 Å². The molecule has 3 N–H and O–H groups in total. The number of H-pyrrole nitrogens is 1. The summed E-state index contributed by atoms with van der Waals surface area (Å²) in [6, 6.07) is 7.79. The molecule has 0 bridgehead atoms. The van der Waals surface area contributed by atoms with E-state index < -0.39 is 0 Å². The summed E-state index contributed by atoms with van der Waals surface area (Å²) in [5.41, 5.74) is 2.99. The molecular formula is C21H26N8OS. The van der Waals surface area contributed by atoms with E-state index in [4.69, 9.17) is 0 Å². The van der Waals surface area contributed by atoms with Crippen molar-refractivity contribution in [3.8, 4) is 6.07 Å². The number of anilines is 2. The molecule has 0 unspecified atom stereocenters. The molecule has 0 fully saturated rings. The molecule has 0 saturated carbocycles. The Morgan fingerprint density at radius 3 is 2.84 bits per heavy atom. The molecule has 0 aliphatic rings. The molecule has 0 aliphatic heterocycles. The smallest absolute Gasteiger partial charge is 0.267 e. The summed E-state index contributed by atoms with van der Waals surface area (Å²) < 4.78 is 1.98. The van der Waals surface area contributed by atoms with E-state index >= 15 is 0 Å². The van der Waals surface area contributed by atoms with E-state index in [9.17, 15) is 10.1 Å². The molecule has 3 heterocycles. The van der Waals surface area contributed by atoms with Crippen molar-refractivity contribution < 1.29 is 4.79 Å². The Morgan fingerprint density at radius 2 is 2.13 bits per heavy atom. The summed E-state index contributed by atoms with van der Waals surface area (Å²) in [5, 5.41) is 16.5. The van der Waals surface area contributed by atoms with E-state index in [1.54, 1.807) is 24.2 Å². The van der Waals surface area contributed by atoms with Crippen molar-refractivity contribution in [1.82, 2.24) is 25.2 Å². The zero-order chi connectivity index (χ0) is 22.4. The van der Waals surface area contributed by atoms with E-state index in [0.717, 1.165) is 17.9 Å². The van der Waals surface area contributed by atoms with Crippen molar-refractivity contribution in [1.29, 1.82) is 5.26 Å². The maximum atomic E-state index is 12.5. The second-order valence-corrected chi connectivity index (χ2v) is 8.10. The molecule has 0 spiro atoms. The van der Waals surface area contributed by atoms with Crippen LogP contribution < -0.4 is 14.9 Å². The molecule has 0 aliphatic carbocycles. The number of hydrogen-bond donors (Lipinski definition) is 3. The molecule has 0 saturated heterocycles. The zero-order valence-electron chi connectivity index (χ0n) is 18.1. The van der Waals surface area contributed by atoms with Crippen LogP contribution >= 0.6 is 11.9 Å². The lowest BCUT2D eigenvalue weighted by Gasteiger charge is -2.18. The first-order valence-corrected chi connectivity index (χ1v) is 10.9. The Bertz CT molecular complexity index is 1100. The third-order valence-electron chi connectivity index (χ3n) is 4.76. The van der Waals surface area contributed by atoms with Crippen molar-refractivity contribution in [2.24, 2.45) is 0 Å². The van der Waals surface area contributed by atoms with Crippen LogP contribution in [0.5, 0.6) is 0 Å². The molecule has 31 heavy (non-hydrogen) atoms. The normalized spacial score (nSPS) is 10.8. The molecule has 3 aromatic heterocycles. The number of rotatable bonds is 9. The number of aromatic nitrogens is 3. The highest BCUT2D eigenvalue weighted by atomic mass is 32.2. The van der Waals surface area contributed by atoms with Crippen LogP contribution in [0, 0.1) is 11.3 Å². The first-order chi connectivity index (χ1) is 14.9. The third kappa shape index (κ3) is 5.25.